The van der Waals surface area contributed by atoms with E-state index in [1.165, 1.54) is 0 Å². The summed E-state index contributed by atoms with van der Waals surface area (Å²) in [5.41, 5.74) is 0.748. The summed E-state index contributed by atoms with van der Waals surface area (Å²) in [4.78, 5) is 12.6. The Bertz CT molecular complexity index is 706. The van der Waals surface area contributed by atoms with Crippen molar-refractivity contribution in [3.63, 3.8) is 0 Å². The normalized spacial score (nSPS) is 47.3. The van der Waals surface area contributed by atoms with Crippen LogP contribution in [0, 0.1) is 16.7 Å². The Kier molecular flexibility index (Phi) is 3.80. The smallest absolute Gasteiger partial charge is 0.184 e. The Hall–Kier alpha value is -1.27. The number of hydrogen-bond acceptors (Lipinski definition) is 5. The van der Waals surface area contributed by atoms with Crippen LogP contribution in [0.1, 0.15) is 44.5 Å². The molecule has 0 radical (unpaired) electrons. The lowest BCUT2D eigenvalue weighted by molar-refractivity contribution is -0.367. The Balaban J connectivity index is 1.55. The van der Waals surface area contributed by atoms with Crippen LogP contribution in [0.15, 0.2) is 30.3 Å². The molecule has 2 saturated heterocycles. The van der Waals surface area contributed by atoms with Crippen LogP contribution in [0.25, 0.3) is 0 Å². The van der Waals surface area contributed by atoms with Crippen molar-refractivity contribution >= 4 is 5.78 Å². The molecule has 5 nitrogen and oxygen atoms in total. The molecule has 1 spiro atoms. The SMILES string of the molecule is CO[C@H]1O[C@@H]2CO[C@@H](c3ccccc3)O[C@H]2[C@]23CC(=O)C[C@]2(C)CC[C@@H]13. The van der Waals surface area contributed by atoms with E-state index in [-0.39, 0.29) is 35.2 Å². The zero-order valence-electron chi connectivity index (χ0n) is 15.4. The van der Waals surface area contributed by atoms with E-state index in [0.717, 1.165) is 18.4 Å². The summed E-state index contributed by atoms with van der Waals surface area (Å²) in [6, 6.07) is 10.0. The fourth-order valence-electron chi connectivity index (χ4n) is 6.23. The number of rotatable bonds is 2. The first-order valence-electron chi connectivity index (χ1n) is 9.59. The lowest BCUT2D eigenvalue weighted by atomic mass is 9.59. The maximum absolute atomic E-state index is 12.6. The van der Waals surface area contributed by atoms with Crippen LogP contribution >= 0.6 is 0 Å². The Labute approximate surface area is 153 Å². The number of hydrogen-bond donors (Lipinski definition) is 0. The number of carbonyl (C=O) groups excluding carboxylic acids is 1. The summed E-state index contributed by atoms with van der Waals surface area (Å²) in [5, 5.41) is 0. The van der Waals surface area contributed by atoms with Gasteiger partial charge < -0.3 is 18.9 Å². The second kappa shape index (κ2) is 5.86. The number of fused-ring (bicyclic) bond motifs is 1. The van der Waals surface area contributed by atoms with Crippen LogP contribution < -0.4 is 0 Å². The number of methoxy groups -OCH3 is 1. The second-order valence-corrected chi connectivity index (χ2v) is 8.55. The maximum Gasteiger partial charge on any atom is 0.184 e. The van der Waals surface area contributed by atoms with Crippen molar-refractivity contribution < 1.29 is 23.7 Å². The molecule has 26 heavy (non-hydrogen) atoms. The first-order valence-corrected chi connectivity index (χ1v) is 9.59. The molecule has 0 bridgehead atoms. The quantitative estimate of drug-likeness (QED) is 0.812. The number of ether oxygens (including phenoxy) is 4. The number of ketones is 1. The van der Waals surface area contributed by atoms with Crippen molar-refractivity contribution in [2.75, 3.05) is 13.7 Å². The lowest BCUT2D eigenvalue weighted by Crippen LogP contribution is -2.64. The third kappa shape index (κ3) is 2.15. The Morgan fingerprint density at radius 3 is 2.73 bits per heavy atom. The predicted molar refractivity (Wildman–Crippen MR) is 93.2 cm³/mol. The van der Waals surface area contributed by atoms with Gasteiger partial charge in [0.1, 0.15) is 11.9 Å². The topological polar surface area (TPSA) is 54.0 Å². The highest BCUT2D eigenvalue weighted by Crippen LogP contribution is 2.70. The molecule has 1 aromatic rings. The first kappa shape index (κ1) is 16.9. The highest BCUT2D eigenvalue weighted by Gasteiger charge is 2.72. The van der Waals surface area contributed by atoms with Crippen LogP contribution in [-0.4, -0.2) is 38.0 Å². The van der Waals surface area contributed by atoms with E-state index < -0.39 is 6.29 Å². The van der Waals surface area contributed by atoms with Gasteiger partial charge in [-0.25, -0.2) is 0 Å². The highest BCUT2D eigenvalue weighted by molar-refractivity contribution is 5.83. The van der Waals surface area contributed by atoms with Gasteiger partial charge in [-0.3, -0.25) is 4.79 Å². The first-order chi connectivity index (χ1) is 12.6. The fraction of sp³-hybridized carbons (Fsp3) is 0.667. The average molecular weight is 358 g/mol. The summed E-state index contributed by atoms with van der Waals surface area (Å²) in [7, 11) is 1.70. The minimum atomic E-state index is -0.407. The number of carbonyl (C=O) groups is 1. The van der Waals surface area contributed by atoms with Gasteiger partial charge in [0.15, 0.2) is 12.6 Å². The van der Waals surface area contributed by atoms with E-state index in [1.807, 2.05) is 30.3 Å². The van der Waals surface area contributed by atoms with Gasteiger partial charge in [-0.05, 0) is 18.3 Å². The fourth-order valence-corrected chi connectivity index (χ4v) is 6.23. The van der Waals surface area contributed by atoms with E-state index >= 15 is 0 Å². The van der Waals surface area contributed by atoms with Gasteiger partial charge in [-0.2, -0.15) is 0 Å². The Morgan fingerprint density at radius 2 is 1.96 bits per heavy atom. The molecule has 0 N–H and O–H groups in total. The molecule has 7 atom stereocenters. The molecule has 0 unspecified atom stereocenters. The van der Waals surface area contributed by atoms with Crippen LogP contribution in [0.5, 0.6) is 0 Å². The van der Waals surface area contributed by atoms with E-state index in [9.17, 15) is 4.79 Å². The zero-order valence-corrected chi connectivity index (χ0v) is 15.4. The van der Waals surface area contributed by atoms with Crippen LogP contribution in [-0.2, 0) is 23.7 Å². The zero-order chi connectivity index (χ0) is 17.9. The van der Waals surface area contributed by atoms with Crippen LogP contribution in [0.3, 0.4) is 0 Å². The summed E-state index contributed by atoms with van der Waals surface area (Å²) < 4.78 is 24.5. The van der Waals surface area contributed by atoms with Crippen molar-refractivity contribution in [1.82, 2.24) is 0 Å². The van der Waals surface area contributed by atoms with Gasteiger partial charge in [0, 0.05) is 36.8 Å². The van der Waals surface area contributed by atoms with Crippen molar-refractivity contribution in [2.24, 2.45) is 16.7 Å². The molecule has 1 aromatic carbocycles. The monoisotopic (exact) mass is 358 g/mol. The molecule has 5 heteroatoms. The van der Waals surface area contributed by atoms with E-state index in [2.05, 4.69) is 6.92 Å². The summed E-state index contributed by atoms with van der Waals surface area (Å²) in [5.74, 6) is 0.541. The average Bonchev–Trinajstić information content (AvgIpc) is 3.08. The van der Waals surface area contributed by atoms with Crippen molar-refractivity contribution in [3.8, 4) is 0 Å². The molecule has 2 aliphatic carbocycles. The standard InChI is InChI=1S/C21H26O5/c1-20-9-8-15-19(23-2)25-16-12-24-18(13-6-4-3-5-7-13)26-17(16)21(15,20)11-14(22)10-20/h3-7,15-19H,8-12H2,1-2H3/t15-,16+,17+,18+,19-,20-,21+/m0/s1. The largest absolute Gasteiger partial charge is 0.356 e. The number of Topliss-reactive ketones (excluding diaryl/α,β-unsaturated/α-hetero) is 1. The predicted octanol–water partition coefficient (Wildman–Crippen LogP) is 3.24. The highest BCUT2D eigenvalue weighted by atomic mass is 16.7. The van der Waals surface area contributed by atoms with Gasteiger partial charge in [0.25, 0.3) is 0 Å². The molecule has 2 saturated carbocycles. The molecule has 0 amide bonds. The summed E-state index contributed by atoms with van der Waals surface area (Å²) >= 11 is 0. The van der Waals surface area contributed by atoms with E-state index in [0.29, 0.717) is 25.2 Å². The van der Waals surface area contributed by atoms with Gasteiger partial charge in [0.2, 0.25) is 0 Å². The van der Waals surface area contributed by atoms with E-state index in [1.54, 1.807) is 7.11 Å². The third-order valence-corrected chi connectivity index (χ3v) is 7.34. The molecule has 140 valence electrons. The molecule has 2 aliphatic heterocycles. The molecule has 4 fully saturated rings. The van der Waals surface area contributed by atoms with Crippen molar-refractivity contribution in [3.05, 3.63) is 35.9 Å². The van der Waals surface area contributed by atoms with Gasteiger partial charge in [-0.15, -0.1) is 0 Å². The molecular weight excluding hydrogens is 332 g/mol. The summed E-state index contributed by atoms with van der Waals surface area (Å²) in [6.07, 6.45) is 2.22. The minimum Gasteiger partial charge on any atom is -0.356 e. The lowest BCUT2D eigenvalue weighted by Gasteiger charge is -2.56. The van der Waals surface area contributed by atoms with Crippen LogP contribution in [0.2, 0.25) is 0 Å². The Morgan fingerprint density at radius 1 is 1.15 bits per heavy atom. The molecule has 4 aliphatic rings. The molecule has 0 aromatic heterocycles. The number of benzene rings is 1. The molecule has 5 rings (SSSR count). The molecular formula is C21H26O5. The van der Waals surface area contributed by atoms with Crippen LogP contribution in [0.4, 0.5) is 0 Å². The van der Waals surface area contributed by atoms with Gasteiger partial charge in [0.05, 0.1) is 12.7 Å². The van der Waals surface area contributed by atoms with E-state index in [4.69, 9.17) is 18.9 Å². The maximum atomic E-state index is 12.6. The minimum absolute atomic E-state index is 0.0448. The summed E-state index contributed by atoms with van der Waals surface area (Å²) in [6.45, 7) is 2.73. The third-order valence-electron chi connectivity index (χ3n) is 7.34. The van der Waals surface area contributed by atoms with Crippen molar-refractivity contribution in [2.45, 2.75) is 57.4 Å². The molecule has 2 heterocycles. The van der Waals surface area contributed by atoms with Gasteiger partial charge in [-0.1, -0.05) is 37.3 Å². The van der Waals surface area contributed by atoms with Gasteiger partial charge >= 0.3 is 0 Å². The second-order valence-electron chi connectivity index (χ2n) is 8.55. The van der Waals surface area contributed by atoms with Crippen molar-refractivity contribution in [1.29, 1.82) is 0 Å².